The van der Waals surface area contributed by atoms with Crippen molar-refractivity contribution >= 4 is 15.7 Å². The molecule has 1 heterocycles. The van der Waals surface area contributed by atoms with E-state index in [4.69, 9.17) is 5.73 Å². The average molecular weight is 327 g/mol. The van der Waals surface area contributed by atoms with Crippen LogP contribution in [0, 0.1) is 29.9 Å². The first-order chi connectivity index (χ1) is 10.3. The molecule has 122 valence electrons. The van der Waals surface area contributed by atoms with Crippen molar-refractivity contribution in [2.75, 3.05) is 19.6 Å². The Kier molecular flexibility index (Phi) is 4.84. The summed E-state index contributed by atoms with van der Waals surface area (Å²) in [5, 5.41) is 11.0. The highest BCUT2D eigenvalue weighted by Gasteiger charge is 2.31. The van der Waals surface area contributed by atoms with E-state index in [1.54, 1.807) is 13.8 Å². The lowest BCUT2D eigenvalue weighted by Gasteiger charge is -2.31. The minimum absolute atomic E-state index is 0.0328. The highest BCUT2D eigenvalue weighted by molar-refractivity contribution is 7.89. The Morgan fingerprint density at radius 3 is 2.41 bits per heavy atom. The van der Waals surface area contributed by atoms with Gasteiger partial charge < -0.3 is 5.73 Å². The average Bonchev–Trinajstić information content (AvgIpc) is 2.49. The van der Waals surface area contributed by atoms with Gasteiger partial charge in [-0.25, -0.2) is 8.42 Å². The molecule has 2 rings (SSSR count). The third-order valence-electron chi connectivity index (χ3n) is 4.34. The van der Waals surface area contributed by atoms with Crippen molar-refractivity contribution in [3.05, 3.63) is 33.4 Å². The largest absolute Gasteiger partial charge is 0.330 e. The number of benzene rings is 1. The Balaban J connectivity index is 2.39. The van der Waals surface area contributed by atoms with E-state index < -0.39 is 14.9 Å². The molecule has 1 aliphatic rings. The number of sulfonamides is 1. The third-order valence-corrected chi connectivity index (χ3v) is 6.36. The Hall–Kier alpha value is -1.51. The van der Waals surface area contributed by atoms with Crippen LogP contribution in [-0.4, -0.2) is 37.3 Å². The van der Waals surface area contributed by atoms with Crippen LogP contribution in [0.1, 0.15) is 24.0 Å². The number of nitrogens with two attached hydrogens (primary N) is 1. The number of nitrogens with zero attached hydrogens (tertiary/aromatic N) is 2. The zero-order valence-corrected chi connectivity index (χ0v) is 13.6. The Morgan fingerprint density at radius 2 is 1.91 bits per heavy atom. The maximum absolute atomic E-state index is 12.8. The second-order valence-electron chi connectivity index (χ2n) is 5.73. The molecule has 1 saturated heterocycles. The van der Waals surface area contributed by atoms with Gasteiger partial charge in [0.2, 0.25) is 10.0 Å². The maximum atomic E-state index is 12.8. The molecule has 22 heavy (non-hydrogen) atoms. The smallest absolute Gasteiger partial charge is 0.271 e. The first-order valence-corrected chi connectivity index (χ1v) is 8.67. The van der Waals surface area contributed by atoms with Crippen molar-refractivity contribution in [1.82, 2.24) is 4.31 Å². The Labute approximate surface area is 130 Å². The van der Waals surface area contributed by atoms with Crippen LogP contribution in [-0.2, 0) is 10.0 Å². The normalized spacial score (nSPS) is 17.6. The first kappa shape index (κ1) is 16.9. The summed E-state index contributed by atoms with van der Waals surface area (Å²) < 4.78 is 27.0. The third kappa shape index (κ3) is 3.13. The van der Waals surface area contributed by atoms with Crippen molar-refractivity contribution in [3.63, 3.8) is 0 Å². The molecule has 0 saturated carbocycles. The van der Waals surface area contributed by atoms with Crippen LogP contribution in [0.2, 0.25) is 0 Å². The van der Waals surface area contributed by atoms with Crippen molar-refractivity contribution < 1.29 is 13.3 Å². The minimum Gasteiger partial charge on any atom is -0.330 e. The van der Waals surface area contributed by atoms with Gasteiger partial charge in [-0.1, -0.05) is 0 Å². The minimum atomic E-state index is -3.71. The van der Waals surface area contributed by atoms with E-state index in [0.29, 0.717) is 36.7 Å². The van der Waals surface area contributed by atoms with Gasteiger partial charge in [-0.2, -0.15) is 4.31 Å². The summed E-state index contributed by atoms with van der Waals surface area (Å²) in [6.07, 6.45) is 1.45. The predicted molar refractivity (Wildman–Crippen MR) is 83.1 cm³/mol. The van der Waals surface area contributed by atoms with Gasteiger partial charge in [0.15, 0.2) is 0 Å². The van der Waals surface area contributed by atoms with Crippen molar-refractivity contribution in [3.8, 4) is 0 Å². The molecule has 0 radical (unpaired) electrons. The van der Waals surface area contributed by atoms with E-state index in [1.807, 2.05) is 0 Å². The molecular formula is C14H21N3O4S. The molecule has 0 atom stereocenters. The number of aryl methyl sites for hydroxylation is 1. The molecule has 0 aromatic heterocycles. The predicted octanol–water partition coefficient (Wildman–Crippen LogP) is 1.57. The molecule has 7 nitrogen and oxygen atoms in total. The molecule has 8 heteroatoms. The van der Waals surface area contributed by atoms with Crippen LogP contribution >= 0.6 is 0 Å². The van der Waals surface area contributed by atoms with Gasteiger partial charge in [-0.05, 0) is 50.3 Å². The number of hydrogen-bond acceptors (Lipinski definition) is 5. The summed E-state index contributed by atoms with van der Waals surface area (Å²) in [6, 6.07) is 2.56. The van der Waals surface area contributed by atoms with Gasteiger partial charge in [-0.15, -0.1) is 0 Å². The van der Waals surface area contributed by atoms with E-state index in [2.05, 4.69) is 0 Å². The van der Waals surface area contributed by atoms with Crippen molar-refractivity contribution in [2.24, 2.45) is 11.7 Å². The quantitative estimate of drug-likeness (QED) is 0.667. The number of piperidine rings is 1. The summed E-state index contributed by atoms with van der Waals surface area (Å²) >= 11 is 0. The van der Waals surface area contributed by atoms with E-state index >= 15 is 0 Å². The van der Waals surface area contributed by atoms with Gasteiger partial charge in [0, 0.05) is 25.2 Å². The fourth-order valence-electron chi connectivity index (χ4n) is 2.71. The van der Waals surface area contributed by atoms with E-state index in [0.717, 1.165) is 18.9 Å². The van der Waals surface area contributed by atoms with Gasteiger partial charge >= 0.3 is 0 Å². The topological polar surface area (TPSA) is 107 Å². The zero-order valence-electron chi connectivity index (χ0n) is 12.8. The molecule has 1 aromatic carbocycles. The maximum Gasteiger partial charge on any atom is 0.271 e. The standard InChI is InChI=1S/C14H21N3O4S/c1-10-7-13(17(18)19)8-14(11(10)2)22(20,21)16-5-3-12(9-15)4-6-16/h7-8,12H,3-6,9,15H2,1-2H3. The molecule has 1 aromatic rings. The van der Waals surface area contributed by atoms with E-state index in [-0.39, 0.29) is 10.6 Å². The molecular weight excluding hydrogens is 306 g/mol. The van der Waals surface area contributed by atoms with Crippen LogP contribution in [0.25, 0.3) is 0 Å². The second-order valence-corrected chi connectivity index (χ2v) is 7.63. The number of nitro benzene ring substituents is 1. The fraction of sp³-hybridized carbons (Fsp3) is 0.571. The molecule has 2 N–H and O–H groups in total. The molecule has 1 aliphatic heterocycles. The lowest BCUT2D eigenvalue weighted by atomic mass is 9.99. The number of nitro groups is 1. The highest BCUT2D eigenvalue weighted by atomic mass is 32.2. The summed E-state index contributed by atoms with van der Waals surface area (Å²) in [5.74, 6) is 0.347. The SMILES string of the molecule is Cc1cc([N+](=O)[O-])cc(S(=O)(=O)N2CCC(CN)CC2)c1C. The van der Waals surface area contributed by atoms with Crippen LogP contribution < -0.4 is 5.73 Å². The fourth-order valence-corrected chi connectivity index (χ4v) is 4.49. The van der Waals surface area contributed by atoms with E-state index in [9.17, 15) is 18.5 Å². The molecule has 0 spiro atoms. The first-order valence-electron chi connectivity index (χ1n) is 7.23. The van der Waals surface area contributed by atoms with E-state index in [1.165, 1.54) is 10.4 Å². The van der Waals surface area contributed by atoms with Crippen LogP contribution in [0.15, 0.2) is 17.0 Å². The van der Waals surface area contributed by atoms with Crippen LogP contribution in [0.4, 0.5) is 5.69 Å². The van der Waals surface area contributed by atoms with Crippen LogP contribution in [0.3, 0.4) is 0 Å². The molecule has 0 unspecified atom stereocenters. The van der Waals surface area contributed by atoms with Crippen molar-refractivity contribution in [2.45, 2.75) is 31.6 Å². The molecule has 0 aliphatic carbocycles. The lowest BCUT2D eigenvalue weighted by molar-refractivity contribution is -0.385. The molecule has 0 amide bonds. The Bertz CT molecular complexity index is 680. The number of non-ortho nitro benzene ring substituents is 1. The Morgan fingerprint density at radius 1 is 1.32 bits per heavy atom. The summed E-state index contributed by atoms with van der Waals surface area (Å²) in [5.41, 5.74) is 6.59. The van der Waals surface area contributed by atoms with Crippen molar-refractivity contribution in [1.29, 1.82) is 0 Å². The summed E-state index contributed by atoms with van der Waals surface area (Å²) in [6.45, 7) is 4.74. The molecule has 1 fully saturated rings. The van der Waals surface area contributed by atoms with Gasteiger partial charge in [0.25, 0.3) is 5.69 Å². The zero-order chi connectivity index (χ0) is 16.5. The summed E-state index contributed by atoms with van der Waals surface area (Å²) in [4.78, 5) is 10.5. The van der Waals surface area contributed by atoms with Gasteiger partial charge in [0.05, 0.1) is 9.82 Å². The van der Waals surface area contributed by atoms with Gasteiger partial charge in [-0.3, -0.25) is 10.1 Å². The molecule has 0 bridgehead atoms. The van der Waals surface area contributed by atoms with Gasteiger partial charge in [0.1, 0.15) is 0 Å². The second kappa shape index (κ2) is 6.31. The van der Waals surface area contributed by atoms with Crippen LogP contribution in [0.5, 0.6) is 0 Å². The number of hydrogen-bond donors (Lipinski definition) is 1. The monoisotopic (exact) mass is 327 g/mol. The highest BCUT2D eigenvalue weighted by Crippen LogP contribution is 2.29. The lowest BCUT2D eigenvalue weighted by Crippen LogP contribution is -2.40. The summed E-state index contributed by atoms with van der Waals surface area (Å²) in [7, 11) is -3.71. The number of rotatable bonds is 4.